The molecule has 0 spiro atoms. The van der Waals surface area contributed by atoms with Crippen molar-refractivity contribution in [3.8, 4) is 0 Å². The zero-order valence-corrected chi connectivity index (χ0v) is 12.5. The second kappa shape index (κ2) is 6.04. The highest BCUT2D eigenvalue weighted by Gasteiger charge is 2.31. The fraction of sp³-hybridized carbons (Fsp3) is 0.625. The van der Waals surface area contributed by atoms with E-state index in [1.54, 1.807) is 0 Å². The third kappa shape index (κ3) is 3.35. The standard InChI is InChI=1S/C16H26N2O/c1-11-7-5-6-8-15(11)16(14(4)17)18-9-12(2)19-13(3)10-18/h5-8,12-14,16H,9-10,17H2,1-4H3. The van der Waals surface area contributed by atoms with Gasteiger partial charge in [-0.25, -0.2) is 0 Å². The van der Waals surface area contributed by atoms with Gasteiger partial charge in [0.15, 0.2) is 0 Å². The molecule has 2 rings (SSSR count). The summed E-state index contributed by atoms with van der Waals surface area (Å²) in [4.78, 5) is 2.48. The first kappa shape index (κ1) is 14.5. The van der Waals surface area contributed by atoms with Gasteiger partial charge >= 0.3 is 0 Å². The molecule has 1 saturated heterocycles. The Balaban J connectivity index is 2.28. The van der Waals surface area contributed by atoms with Crippen LogP contribution in [-0.4, -0.2) is 36.2 Å². The van der Waals surface area contributed by atoms with Crippen molar-refractivity contribution in [2.45, 2.75) is 52.0 Å². The Morgan fingerprint density at radius 1 is 1.21 bits per heavy atom. The van der Waals surface area contributed by atoms with Crippen LogP contribution in [0.25, 0.3) is 0 Å². The summed E-state index contributed by atoms with van der Waals surface area (Å²) < 4.78 is 5.83. The third-order valence-corrected chi connectivity index (χ3v) is 3.85. The van der Waals surface area contributed by atoms with E-state index in [1.165, 1.54) is 11.1 Å². The highest BCUT2D eigenvalue weighted by atomic mass is 16.5. The molecule has 106 valence electrons. The number of ether oxygens (including phenoxy) is 1. The van der Waals surface area contributed by atoms with E-state index in [-0.39, 0.29) is 24.3 Å². The lowest BCUT2D eigenvalue weighted by Gasteiger charge is -2.42. The molecular weight excluding hydrogens is 236 g/mol. The van der Waals surface area contributed by atoms with Gasteiger partial charge in [-0.15, -0.1) is 0 Å². The maximum atomic E-state index is 6.28. The number of aryl methyl sites for hydroxylation is 1. The molecule has 0 bridgehead atoms. The van der Waals surface area contributed by atoms with Crippen LogP contribution in [-0.2, 0) is 4.74 Å². The van der Waals surface area contributed by atoms with Gasteiger partial charge in [-0.3, -0.25) is 4.90 Å². The number of rotatable bonds is 3. The quantitative estimate of drug-likeness (QED) is 0.909. The molecule has 4 unspecified atom stereocenters. The largest absolute Gasteiger partial charge is 0.373 e. The molecule has 0 aliphatic carbocycles. The van der Waals surface area contributed by atoms with Gasteiger partial charge in [0, 0.05) is 19.1 Å². The van der Waals surface area contributed by atoms with Crippen LogP contribution in [0.3, 0.4) is 0 Å². The lowest BCUT2D eigenvalue weighted by atomic mass is 9.94. The molecule has 0 radical (unpaired) electrons. The summed E-state index contributed by atoms with van der Waals surface area (Å²) in [6.45, 7) is 10.4. The predicted octanol–water partition coefficient (Wildman–Crippen LogP) is 2.49. The Kier molecular flexibility index (Phi) is 4.61. The number of hydrogen-bond donors (Lipinski definition) is 1. The summed E-state index contributed by atoms with van der Waals surface area (Å²) >= 11 is 0. The van der Waals surface area contributed by atoms with Gasteiger partial charge in [-0.2, -0.15) is 0 Å². The number of benzene rings is 1. The lowest BCUT2D eigenvalue weighted by molar-refractivity contribution is -0.0831. The summed E-state index contributed by atoms with van der Waals surface area (Å²) in [6, 6.07) is 8.94. The van der Waals surface area contributed by atoms with Crippen LogP contribution >= 0.6 is 0 Å². The van der Waals surface area contributed by atoms with Gasteiger partial charge in [-0.1, -0.05) is 24.3 Å². The van der Waals surface area contributed by atoms with E-state index in [0.717, 1.165) is 13.1 Å². The van der Waals surface area contributed by atoms with Crippen molar-refractivity contribution in [3.63, 3.8) is 0 Å². The minimum absolute atomic E-state index is 0.110. The van der Waals surface area contributed by atoms with Gasteiger partial charge in [0.25, 0.3) is 0 Å². The van der Waals surface area contributed by atoms with Gasteiger partial charge in [0.1, 0.15) is 0 Å². The van der Waals surface area contributed by atoms with Gasteiger partial charge < -0.3 is 10.5 Å². The molecule has 1 aromatic rings. The Morgan fingerprint density at radius 3 is 2.32 bits per heavy atom. The van der Waals surface area contributed by atoms with Crippen LogP contribution in [0.15, 0.2) is 24.3 Å². The zero-order valence-electron chi connectivity index (χ0n) is 12.5. The van der Waals surface area contributed by atoms with Crippen LogP contribution < -0.4 is 5.73 Å². The Bertz CT molecular complexity index is 409. The number of nitrogens with zero attached hydrogens (tertiary/aromatic N) is 1. The van der Waals surface area contributed by atoms with Crippen molar-refractivity contribution < 1.29 is 4.74 Å². The van der Waals surface area contributed by atoms with Gasteiger partial charge in [0.2, 0.25) is 0 Å². The van der Waals surface area contributed by atoms with E-state index < -0.39 is 0 Å². The van der Waals surface area contributed by atoms with E-state index in [2.05, 4.69) is 56.9 Å². The van der Waals surface area contributed by atoms with E-state index in [9.17, 15) is 0 Å². The van der Waals surface area contributed by atoms with Crippen molar-refractivity contribution in [2.75, 3.05) is 13.1 Å². The van der Waals surface area contributed by atoms with Crippen LogP contribution in [0.5, 0.6) is 0 Å². The Morgan fingerprint density at radius 2 is 1.79 bits per heavy atom. The normalized spacial score (nSPS) is 28.1. The number of hydrogen-bond acceptors (Lipinski definition) is 3. The summed E-state index contributed by atoms with van der Waals surface area (Å²) in [7, 11) is 0. The highest BCUT2D eigenvalue weighted by molar-refractivity contribution is 5.30. The van der Waals surface area contributed by atoms with Crippen LogP contribution in [0.2, 0.25) is 0 Å². The monoisotopic (exact) mass is 262 g/mol. The van der Waals surface area contributed by atoms with Crippen molar-refractivity contribution in [2.24, 2.45) is 5.73 Å². The molecule has 19 heavy (non-hydrogen) atoms. The molecule has 0 amide bonds. The molecule has 2 N–H and O–H groups in total. The zero-order chi connectivity index (χ0) is 14.0. The average Bonchev–Trinajstić information content (AvgIpc) is 2.30. The second-order valence-corrected chi connectivity index (χ2v) is 5.87. The third-order valence-electron chi connectivity index (χ3n) is 3.85. The Labute approximate surface area is 116 Å². The maximum absolute atomic E-state index is 6.28. The molecule has 0 saturated carbocycles. The summed E-state index contributed by atoms with van der Waals surface area (Å²) in [5, 5.41) is 0. The van der Waals surface area contributed by atoms with E-state index in [4.69, 9.17) is 10.5 Å². The molecule has 1 heterocycles. The molecule has 1 aromatic carbocycles. The van der Waals surface area contributed by atoms with Crippen LogP contribution in [0.1, 0.15) is 37.9 Å². The van der Waals surface area contributed by atoms with Gasteiger partial charge in [-0.05, 0) is 38.8 Å². The molecule has 1 aliphatic rings. The van der Waals surface area contributed by atoms with Crippen molar-refractivity contribution in [1.29, 1.82) is 0 Å². The number of nitrogens with two attached hydrogens (primary N) is 1. The van der Waals surface area contributed by atoms with Gasteiger partial charge in [0.05, 0.1) is 18.2 Å². The van der Waals surface area contributed by atoms with E-state index in [1.807, 2.05) is 0 Å². The second-order valence-electron chi connectivity index (χ2n) is 5.87. The first-order valence-corrected chi connectivity index (χ1v) is 7.19. The summed E-state index contributed by atoms with van der Waals surface area (Å²) in [5.41, 5.74) is 8.94. The first-order chi connectivity index (χ1) is 8.99. The first-order valence-electron chi connectivity index (χ1n) is 7.19. The lowest BCUT2D eigenvalue weighted by Crippen LogP contribution is -2.50. The molecule has 4 atom stereocenters. The summed E-state index contributed by atoms with van der Waals surface area (Å²) in [5.74, 6) is 0. The predicted molar refractivity (Wildman–Crippen MR) is 79.2 cm³/mol. The number of morpholine rings is 1. The molecular formula is C16H26N2O. The highest BCUT2D eigenvalue weighted by Crippen LogP contribution is 2.29. The summed E-state index contributed by atoms with van der Waals surface area (Å²) in [6.07, 6.45) is 0.544. The minimum atomic E-state index is 0.110. The Hall–Kier alpha value is -0.900. The van der Waals surface area contributed by atoms with Crippen molar-refractivity contribution >= 4 is 0 Å². The van der Waals surface area contributed by atoms with E-state index in [0.29, 0.717) is 0 Å². The molecule has 3 nitrogen and oxygen atoms in total. The van der Waals surface area contributed by atoms with E-state index >= 15 is 0 Å². The maximum Gasteiger partial charge on any atom is 0.0678 e. The smallest absolute Gasteiger partial charge is 0.0678 e. The minimum Gasteiger partial charge on any atom is -0.373 e. The SMILES string of the molecule is Cc1ccccc1C(C(C)N)N1CC(C)OC(C)C1. The topological polar surface area (TPSA) is 38.5 Å². The van der Waals surface area contributed by atoms with Crippen LogP contribution in [0.4, 0.5) is 0 Å². The average molecular weight is 262 g/mol. The van der Waals surface area contributed by atoms with Crippen molar-refractivity contribution in [3.05, 3.63) is 35.4 Å². The fourth-order valence-corrected chi connectivity index (χ4v) is 3.18. The molecule has 0 aromatic heterocycles. The van der Waals surface area contributed by atoms with Crippen LogP contribution in [0, 0.1) is 6.92 Å². The molecule has 1 aliphatic heterocycles. The fourth-order valence-electron chi connectivity index (χ4n) is 3.18. The molecule has 1 fully saturated rings. The van der Waals surface area contributed by atoms with Crippen molar-refractivity contribution in [1.82, 2.24) is 4.90 Å². The molecule has 3 heteroatoms.